The molecule has 0 atom stereocenters. The van der Waals surface area contributed by atoms with Gasteiger partial charge in [0.25, 0.3) is 0 Å². The molecule has 1 aromatic heterocycles. The summed E-state index contributed by atoms with van der Waals surface area (Å²) in [5.74, 6) is 1.83. The van der Waals surface area contributed by atoms with E-state index in [1.165, 1.54) is 0 Å². The number of hydrogen-bond acceptors (Lipinski definition) is 3. The van der Waals surface area contributed by atoms with E-state index in [-0.39, 0.29) is 0 Å². The van der Waals surface area contributed by atoms with Gasteiger partial charge in [0.2, 0.25) is 0 Å². The smallest absolute Gasteiger partial charge is 0.134 e. The lowest BCUT2D eigenvalue weighted by Gasteiger charge is -2.06. The summed E-state index contributed by atoms with van der Waals surface area (Å²) in [5.41, 5.74) is 2.19. The summed E-state index contributed by atoms with van der Waals surface area (Å²) in [5, 5.41) is 3.11. The van der Waals surface area contributed by atoms with E-state index >= 15 is 0 Å². The van der Waals surface area contributed by atoms with Gasteiger partial charge in [-0.25, -0.2) is 0 Å². The fourth-order valence-corrected chi connectivity index (χ4v) is 1.87. The SMILES string of the molecule is C1=COCc2cc(-c3ccccc3)oc2CN1. The van der Waals surface area contributed by atoms with E-state index in [0.29, 0.717) is 13.2 Å². The third-order valence-electron chi connectivity index (χ3n) is 2.74. The molecule has 0 radical (unpaired) electrons. The van der Waals surface area contributed by atoms with Gasteiger partial charge >= 0.3 is 0 Å². The quantitative estimate of drug-likeness (QED) is 0.813. The van der Waals surface area contributed by atoms with Crippen LogP contribution in [0.3, 0.4) is 0 Å². The first-order valence-corrected chi connectivity index (χ1v) is 5.60. The van der Waals surface area contributed by atoms with Crippen molar-refractivity contribution in [2.45, 2.75) is 13.2 Å². The Morgan fingerprint density at radius 1 is 1.12 bits per heavy atom. The summed E-state index contributed by atoms with van der Waals surface area (Å²) in [4.78, 5) is 0. The molecule has 0 saturated carbocycles. The van der Waals surface area contributed by atoms with Crippen molar-refractivity contribution in [1.29, 1.82) is 0 Å². The third-order valence-corrected chi connectivity index (χ3v) is 2.74. The lowest BCUT2D eigenvalue weighted by atomic mass is 10.1. The number of benzene rings is 1. The second kappa shape index (κ2) is 4.37. The third kappa shape index (κ3) is 2.04. The summed E-state index contributed by atoms with van der Waals surface area (Å²) in [7, 11) is 0. The molecule has 0 amide bonds. The lowest BCUT2D eigenvalue weighted by molar-refractivity contribution is 0.228. The maximum Gasteiger partial charge on any atom is 0.134 e. The molecule has 0 fully saturated rings. The second-order valence-corrected chi connectivity index (χ2v) is 3.92. The maximum absolute atomic E-state index is 5.85. The van der Waals surface area contributed by atoms with Gasteiger partial charge in [-0.1, -0.05) is 30.3 Å². The molecule has 1 aliphatic heterocycles. The molecule has 17 heavy (non-hydrogen) atoms. The molecule has 0 aliphatic carbocycles. The van der Waals surface area contributed by atoms with Crippen molar-refractivity contribution in [3.05, 3.63) is 60.2 Å². The number of nitrogens with one attached hydrogen (secondary N) is 1. The molecule has 2 heterocycles. The van der Waals surface area contributed by atoms with Crippen LogP contribution >= 0.6 is 0 Å². The van der Waals surface area contributed by atoms with Crippen molar-refractivity contribution in [2.24, 2.45) is 0 Å². The largest absolute Gasteiger partial charge is 0.495 e. The van der Waals surface area contributed by atoms with E-state index in [0.717, 1.165) is 22.6 Å². The van der Waals surface area contributed by atoms with E-state index in [2.05, 4.69) is 5.32 Å². The molecule has 0 saturated heterocycles. The summed E-state index contributed by atoms with van der Waals surface area (Å²) >= 11 is 0. The summed E-state index contributed by atoms with van der Waals surface area (Å²) in [6, 6.07) is 12.1. The molecule has 1 aromatic carbocycles. The van der Waals surface area contributed by atoms with E-state index in [1.807, 2.05) is 36.4 Å². The average Bonchev–Trinajstić information content (AvgIpc) is 2.73. The van der Waals surface area contributed by atoms with Crippen LogP contribution in [0.15, 0.2) is 53.3 Å². The first kappa shape index (κ1) is 10.0. The normalized spacial score (nSPS) is 14.1. The summed E-state index contributed by atoms with van der Waals surface area (Å²) < 4.78 is 11.2. The number of furan rings is 1. The van der Waals surface area contributed by atoms with Crippen LogP contribution in [0.2, 0.25) is 0 Å². The van der Waals surface area contributed by atoms with E-state index in [9.17, 15) is 0 Å². The van der Waals surface area contributed by atoms with Crippen LogP contribution in [0.25, 0.3) is 11.3 Å². The van der Waals surface area contributed by atoms with Crippen LogP contribution in [0, 0.1) is 0 Å². The fourth-order valence-electron chi connectivity index (χ4n) is 1.87. The number of rotatable bonds is 1. The van der Waals surface area contributed by atoms with Crippen LogP contribution in [-0.4, -0.2) is 0 Å². The number of hydrogen-bond donors (Lipinski definition) is 1. The minimum atomic E-state index is 0.559. The summed E-state index contributed by atoms with van der Waals surface area (Å²) in [6.07, 6.45) is 3.45. The minimum absolute atomic E-state index is 0.559. The average molecular weight is 227 g/mol. The highest BCUT2D eigenvalue weighted by Gasteiger charge is 2.13. The Balaban J connectivity index is 1.96. The first-order chi connectivity index (χ1) is 8.43. The number of fused-ring (bicyclic) bond motifs is 1. The van der Waals surface area contributed by atoms with Gasteiger partial charge in [0, 0.05) is 17.3 Å². The van der Waals surface area contributed by atoms with Crippen LogP contribution in [0.4, 0.5) is 0 Å². The minimum Gasteiger partial charge on any atom is -0.495 e. The second-order valence-electron chi connectivity index (χ2n) is 3.92. The molecule has 1 aliphatic rings. The van der Waals surface area contributed by atoms with Crippen LogP contribution in [0.1, 0.15) is 11.3 Å². The Bertz CT molecular complexity index is 501. The van der Waals surface area contributed by atoms with Crippen molar-refractivity contribution in [1.82, 2.24) is 5.32 Å². The van der Waals surface area contributed by atoms with Crippen molar-refractivity contribution in [3.8, 4) is 11.3 Å². The van der Waals surface area contributed by atoms with Gasteiger partial charge in [-0.05, 0) is 6.07 Å². The molecule has 86 valence electrons. The molecular weight excluding hydrogens is 214 g/mol. The Morgan fingerprint density at radius 3 is 2.88 bits per heavy atom. The molecule has 3 heteroatoms. The van der Waals surface area contributed by atoms with Crippen LogP contribution < -0.4 is 5.32 Å². The predicted molar refractivity (Wildman–Crippen MR) is 64.9 cm³/mol. The van der Waals surface area contributed by atoms with Crippen molar-refractivity contribution < 1.29 is 9.15 Å². The highest BCUT2D eigenvalue weighted by Crippen LogP contribution is 2.26. The molecule has 3 rings (SSSR count). The molecule has 0 unspecified atom stereocenters. The molecule has 3 nitrogen and oxygen atoms in total. The van der Waals surface area contributed by atoms with Gasteiger partial charge in [0.15, 0.2) is 0 Å². The highest BCUT2D eigenvalue weighted by molar-refractivity contribution is 5.58. The molecule has 0 spiro atoms. The van der Waals surface area contributed by atoms with Crippen molar-refractivity contribution in [2.75, 3.05) is 0 Å². The van der Waals surface area contributed by atoms with Crippen LogP contribution in [-0.2, 0) is 17.9 Å². The topological polar surface area (TPSA) is 34.4 Å². The molecule has 2 aromatic rings. The van der Waals surface area contributed by atoms with Gasteiger partial charge in [-0.2, -0.15) is 0 Å². The maximum atomic E-state index is 5.85. The van der Waals surface area contributed by atoms with Gasteiger partial charge in [-0.15, -0.1) is 0 Å². The van der Waals surface area contributed by atoms with Crippen molar-refractivity contribution in [3.63, 3.8) is 0 Å². The molecule has 1 N–H and O–H groups in total. The standard InChI is InChI=1S/C14H13NO2/c1-2-4-11(5-3-1)13-8-12-10-16-7-6-15-9-14(12)17-13/h1-8,15H,9-10H2. The van der Waals surface area contributed by atoms with E-state index in [1.54, 1.807) is 12.5 Å². The zero-order valence-corrected chi connectivity index (χ0v) is 9.35. The Hall–Kier alpha value is -2.16. The summed E-state index contributed by atoms with van der Waals surface area (Å²) in [6.45, 7) is 1.26. The van der Waals surface area contributed by atoms with Crippen LogP contribution in [0.5, 0.6) is 0 Å². The lowest BCUT2D eigenvalue weighted by Crippen LogP contribution is -2.08. The van der Waals surface area contributed by atoms with Gasteiger partial charge in [-0.3, -0.25) is 0 Å². The Labute approximate surface area is 99.7 Å². The van der Waals surface area contributed by atoms with Crippen molar-refractivity contribution >= 4 is 0 Å². The number of ether oxygens (including phenoxy) is 1. The predicted octanol–water partition coefficient (Wildman–Crippen LogP) is 3.04. The molecule has 0 bridgehead atoms. The zero-order chi connectivity index (χ0) is 11.5. The van der Waals surface area contributed by atoms with Gasteiger partial charge < -0.3 is 14.5 Å². The van der Waals surface area contributed by atoms with E-state index in [4.69, 9.17) is 9.15 Å². The molecular formula is C14H13NO2. The van der Waals surface area contributed by atoms with Gasteiger partial charge in [0.05, 0.1) is 12.8 Å². The van der Waals surface area contributed by atoms with E-state index < -0.39 is 0 Å². The fraction of sp³-hybridized carbons (Fsp3) is 0.143. The Kier molecular flexibility index (Phi) is 2.58. The highest BCUT2D eigenvalue weighted by atomic mass is 16.5. The zero-order valence-electron chi connectivity index (χ0n) is 9.35. The Morgan fingerprint density at radius 2 is 2.00 bits per heavy atom. The first-order valence-electron chi connectivity index (χ1n) is 5.60. The monoisotopic (exact) mass is 227 g/mol. The van der Waals surface area contributed by atoms with Gasteiger partial charge in [0.1, 0.15) is 18.1 Å².